The molecule has 3 amide bonds. The van der Waals surface area contributed by atoms with Crippen LogP contribution in [0, 0.1) is 6.92 Å². The molecule has 2 aromatic rings. The van der Waals surface area contributed by atoms with Crippen molar-refractivity contribution in [1.82, 2.24) is 5.32 Å². The van der Waals surface area contributed by atoms with Crippen molar-refractivity contribution < 1.29 is 14.4 Å². The molecule has 0 spiro atoms. The summed E-state index contributed by atoms with van der Waals surface area (Å²) in [6, 6.07) is 11.0. The zero-order valence-corrected chi connectivity index (χ0v) is 13.0. The molecule has 0 fully saturated rings. The van der Waals surface area contributed by atoms with Crippen LogP contribution < -0.4 is 16.4 Å². The van der Waals surface area contributed by atoms with E-state index < -0.39 is 17.7 Å². The molecule has 7 heteroatoms. The maximum absolute atomic E-state index is 11.9. The van der Waals surface area contributed by atoms with E-state index in [1.54, 1.807) is 24.3 Å². The fourth-order valence-electron chi connectivity index (χ4n) is 1.79. The molecule has 6 nitrogen and oxygen atoms in total. The van der Waals surface area contributed by atoms with Gasteiger partial charge in [0.25, 0.3) is 5.91 Å². The number of nitrogen functional groups attached to an aromatic ring is 1. The lowest BCUT2D eigenvalue weighted by Gasteiger charge is -2.08. The molecule has 0 radical (unpaired) electrons. The largest absolute Gasteiger partial charge is 0.398 e. The predicted molar refractivity (Wildman–Crippen MR) is 88.1 cm³/mol. The zero-order chi connectivity index (χ0) is 17.0. The summed E-state index contributed by atoms with van der Waals surface area (Å²) in [5.41, 5.74) is 7.16. The Kier molecular flexibility index (Phi) is 4.98. The molecule has 0 aliphatic carbocycles. The summed E-state index contributed by atoms with van der Waals surface area (Å²) >= 11 is 5.94. The highest BCUT2D eigenvalue weighted by atomic mass is 35.5. The number of nitrogens with one attached hydrogen (secondary N) is 2. The van der Waals surface area contributed by atoms with Crippen molar-refractivity contribution in [3.8, 4) is 0 Å². The zero-order valence-electron chi connectivity index (χ0n) is 12.2. The Morgan fingerprint density at radius 1 is 1.04 bits per heavy atom. The smallest absolute Gasteiger partial charge is 0.316 e. The van der Waals surface area contributed by atoms with E-state index in [1.165, 1.54) is 18.2 Å². The fraction of sp³-hybridized carbons (Fsp3) is 0.0625. The topological polar surface area (TPSA) is 101 Å². The normalized spacial score (nSPS) is 10.0. The molecule has 0 atom stereocenters. The second kappa shape index (κ2) is 6.93. The van der Waals surface area contributed by atoms with Crippen LogP contribution in [-0.2, 0) is 9.59 Å². The monoisotopic (exact) mass is 331 g/mol. The third kappa shape index (κ3) is 4.08. The van der Waals surface area contributed by atoms with Gasteiger partial charge in [0.05, 0.1) is 5.56 Å². The number of carbonyl (C=O) groups is 3. The minimum Gasteiger partial charge on any atom is -0.398 e. The SMILES string of the molecule is Cc1ccc(NC(=O)C(=O)NC(=O)c2ccccc2N)cc1Cl. The predicted octanol–water partition coefficient (Wildman–Crippen LogP) is 2.13. The summed E-state index contributed by atoms with van der Waals surface area (Å²) in [7, 11) is 0. The number of carbonyl (C=O) groups excluding carboxylic acids is 3. The maximum atomic E-state index is 11.9. The second-order valence-corrected chi connectivity index (χ2v) is 5.20. The Labute approximate surface area is 137 Å². The highest BCUT2D eigenvalue weighted by Gasteiger charge is 2.19. The Morgan fingerprint density at radius 2 is 1.74 bits per heavy atom. The van der Waals surface area contributed by atoms with Crippen LogP contribution in [0.4, 0.5) is 11.4 Å². The molecule has 0 saturated carbocycles. The van der Waals surface area contributed by atoms with Gasteiger partial charge in [0, 0.05) is 16.4 Å². The maximum Gasteiger partial charge on any atom is 0.316 e. The minimum absolute atomic E-state index is 0.118. The molecular weight excluding hydrogens is 318 g/mol. The van der Waals surface area contributed by atoms with Gasteiger partial charge in [-0.2, -0.15) is 0 Å². The number of anilines is 2. The van der Waals surface area contributed by atoms with Crippen molar-refractivity contribution in [2.75, 3.05) is 11.1 Å². The van der Waals surface area contributed by atoms with Crippen molar-refractivity contribution >= 4 is 40.7 Å². The van der Waals surface area contributed by atoms with Gasteiger partial charge in [-0.15, -0.1) is 0 Å². The van der Waals surface area contributed by atoms with Gasteiger partial charge in [-0.3, -0.25) is 19.7 Å². The van der Waals surface area contributed by atoms with Gasteiger partial charge in [-0.1, -0.05) is 29.8 Å². The van der Waals surface area contributed by atoms with Gasteiger partial charge >= 0.3 is 11.8 Å². The number of rotatable bonds is 2. The Bertz CT molecular complexity index is 790. The summed E-state index contributed by atoms with van der Waals surface area (Å²) in [6.45, 7) is 1.81. The Balaban J connectivity index is 2.02. The van der Waals surface area contributed by atoms with Crippen molar-refractivity contribution in [2.24, 2.45) is 0 Å². The van der Waals surface area contributed by atoms with Gasteiger partial charge < -0.3 is 11.1 Å². The highest BCUT2D eigenvalue weighted by molar-refractivity contribution is 6.42. The van der Waals surface area contributed by atoms with Crippen molar-refractivity contribution in [3.63, 3.8) is 0 Å². The third-order valence-electron chi connectivity index (χ3n) is 3.07. The van der Waals surface area contributed by atoms with Crippen molar-refractivity contribution in [3.05, 3.63) is 58.6 Å². The number of hydrogen-bond donors (Lipinski definition) is 3. The van der Waals surface area contributed by atoms with Gasteiger partial charge in [-0.25, -0.2) is 0 Å². The first-order valence-electron chi connectivity index (χ1n) is 6.66. The summed E-state index contributed by atoms with van der Waals surface area (Å²) in [5.74, 6) is -2.81. The molecule has 0 heterocycles. The molecule has 0 aliphatic rings. The summed E-state index contributed by atoms with van der Waals surface area (Å²) < 4.78 is 0. The molecule has 0 aromatic heterocycles. The molecule has 4 N–H and O–H groups in total. The van der Waals surface area contributed by atoms with E-state index >= 15 is 0 Å². The number of para-hydroxylation sites is 1. The number of halogens is 1. The number of aryl methyl sites for hydroxylation is 1. The molecule has 0 aliphatic heterocycles. The van der Waals surface area contributed by atoms with Crippen LogP contribution in [0.5, 0.6) is 0 Å². The summed E-state index contributed by atoms with van der Waals surface area (Å²) in [6.07, 6.45) is 0. The molecular formula is C16H14ClN3O3. The first-order chi connectivity index (χ1) is 10.9. The number of nitrogens with two attached hydrogens (primary N) is 1. The van der Waals surface area contributed by atoms with E-state index in [1.807, 2.05) is 12.2 Å². The molecule has 0 saturated heterocycles. The van der Waals surface area contributed by atoms with Crippen LogP contribution in [0.2, 0.25) is 5.02 Å². The number of hydrogen-bond acceptors (Lipinski definition) is 4. The van der Waals surface area contributed by atoms with Crippen LogP contribution in [0.25, 0.3) is 0 Å². The van der Waals surface area contributed by atoms with E-state index in [0.717, 1.165) is 5.56 Å². The Morgan fingerprint density at radius 3 is 2.39 bits per heavy atom. The fourth-order valence-corrected chi connectivity index (χ4v) is 1.97. The van der Waals surface area contributed by atoms with Crippen LogP contribution in [0.15, 0.2) is 42.5 Å². The van der Waals surface area contributed by atoms with E-state index in [-0.39, 0.29) is 11.3 Å². The number of imide groups is 1. The van der Waals surface area contributed by atoms with Crippen molar-refractivity contribution in [1.29, 1.82) is 0 Å². The van der Waals surface area contributed by atoms with Crippen LogP contribution in [0.3, 0.4) is 0 Å². The van der Waals surface area contributed by atoms with Gasteiger partial charge in [0.1, 0.15) is 0 Å². The lowest BCUT2D eigenvalue weighted by Crippen LogP contribution is -2.39. The molecule has 23 heavy (non-hydrogen) atoms. The molecule has 118 valence electrons. The van der Waals surface area contributed by atoms with Gasteiger partial charge in [0.15, 0.2) is 0 Å². The summed E-state index contributed by atoms with van der Waals surface area (Å²) in [5, 5.41) is 4.80. The average molecular weight is 332 g/mol. The molecule has 0 unspecified atom stereocenters. The first kappa shape index (κ1) is 16.5. The van der Waals surface area contributed by atoms with E-state index in [2.05, 4.69) is 5.32 Å². The molecule has 2 rings (SSSR count). The van der Waals surface area contributed by atoms with Crippen LogP contribution in [0.1, 0.15) is 15.9 Å². The van der Waals surface area contributed by atoms with E-state index in [4.69, 9.17) is 17.3 Å². The second-order valence-electron chi connectivity index (χ2n) is 4.79. The Hall–Kier alpha value is -2.86. The standard InChI is InChI=1S/C16H14ClN3O3/c1-9-6-7-10(8-12(9)17)19-15(22)16(23)20-14(21)11-4-2-3-5-13(11)18/h2-8H,18H2,1H3,(H,19,22)(H,20,21,23). The van der Waals surface area contributed by atoms with Crippen LogP contribution in [-0.4, -0.2) is 17.7 Å². The highest BCUT2D eigenvalue weighted by Crippen LogP contribution is 2.19. The lowest BCUT2D eigenvalue weighted by atomic mass is 10.1. The lowest BCUT2D eigenvalue weighted by molar-refractivity contribution is -0.135. The number of benzene rings is 2. The van der Waals surface area contributed by atoms with Crippen LogP contribution >= 0.6 is 11.6 Å². The molecule has 0 bridgehead atoms. The van der Waals surface area contributed by atoms with Gasteiger partial charge in [-0.05, 0) is 36.8 Å². The van der Waals surface area contributed by atoms with E-state index in [0.29, 0.717) is 10.7 Å². The number of amides is 3. The molecule has 2 aromatic carbocycles. The minimum atomic E-state index is -1.09. The quantitative estimate of drug-likeness (QED) is 0.579. The van der Waals surface area contributed by atoms with Crippen molar-refractivity contribution in [2.45, 2.75) is 6.92 Å². The first-order valence-corrected chi connectivity index (χ1v) is 7.03. The van der Waals surface area contributed by atoms with Gasteiger partial charge in [0.2, 0.25) is 0 Å². The van der Waals surface area contributed by atoms with E-state index in [9.17, 15) is 14.4 Å². The third-order valence-corrected chi connectivity index (χ3v) is 3.48. The average Bonchev–Trinajstić information content (AvgIpc) is 2.51. The summed E-state index contributed by atoms with van der Waals surface area (Å²) in [4.78, 5) is 35.5.